The topological polar surface area (TPSA) is 83.5 Å². The predicted octanol–water partition coefficient (Wildman–Crippen LogP) is 3.89. The molecule has 0 saturated heterocycles. The molecule has 1 aliphatic rings. The Labute approximate surface area is 154 Å². The van der Waals surface area contributed by atoms with Crippen molar-refractivity contribution in [3.05, 3.63) is 82.5 Å². The first-order valence-electron chi connectivity index (χ1n) is 7.67. The summed E-state index contributed by atoms with van der Waals surface area (Å²) in [5.74, 6) is -1.12. The maximum Gasteiger partial charge on any atom is 0.262 e. The number of aliphatic hydroxyl groups excluding tert-OH is 1. The second-order valence-electron chi connectivity index (χ2n) is 5.83. The number of aliphatic hydroxyl groups is 1. The molecule has 26 heavy (non-hydrogen) atoms. The lowest BCUT2D eigenvalue weighted by atomic mass is 10.0. The number of halogens is 1. The Kier molecular flexibility index (Phi) is 3.75. The number of fused-ring (bicyclic) bond motifs is 2. The number of Topliss-reactive ketones (excluding diaryl/α,β-unsaturated/α-hetero) is 1. The van der Waals surface area contributed by atoms with Gasteiger partial charge in [-0.15, -0.1) is 0 Å². The van der Waals surface area contributed by atoms with Gasteiger partial charge in [0, 0.05) is 5.56 Å². The highest BCUT2D eigenvalue weighted by Gasteiger charge is 2.36. The van der Waals surface area contributed by atoms with Crippen LogP contribution in [-0.2, 0) is 10.0 Å². The molecule has 4 rings (SSSR count). The maximum atomic E-state index is 12.8. The zero-order valence-corrected chi connectivity index (χ0v) is 14.8. The second kappa shape index (κ2) is 5.86. The summed E-state index contributed by atoms with van der Waals surface area (Å²) in [4.78, 5) is 12.6. The Morgan fingerprint density at radius 3 is 2.46 bits per heavy atom. The summed E-state index contributed by atoms with van der Waals surface area (Å²) in [5, 5.41) is 12.4. The van der Waals surface area contributed by atoms with Crippen molar-refractivity contribution in [3.8, 4) is 0 Å². The number of benzene rings is 3. The fraction of sp³-hybridized carbons (Fsp3) is 0. The molecule has 5 nitrogen and oxygen atoms in total. The third kappa shape index (κ3) is 2.55. The van der Waals surface area contributed by atoms with Crippen molar-refractivity contribution < 1.29 is 18.3 Å². The zero-order valence-electron chi connectivity index (χ0n) is 13.2. The van der Waals surface area contributed by atoms with Gasteiger partial charge in [-0.05, 0) is 29.0 Å². The van der Waals surface area contributed by atoms with Crippen LogP contribution in [0.25, 0.3) is 16.5 Å². The second-order valence-corrected chi connectivity index (χ2v) is 7.89. The molecule has 0 saturated carbocycles. The highest BCUT2D eigenvalue weighted by Crippen LogP contribution is 2.33. The van der Waals surface area contributed by atoms with Crippen molar-refractivity contribution in [2.45, 2.75) is 4.90 Å². The third-order valence-corrected chi connectivity index (χ3v) is 5.92. The van der Waals surface area contributed by atoms with Gasteiger partial charge in [-0.2, -0.15) is 0 Å². The van der Waals surface area contributed by atoms with Crippen LogP contribution in [0.1, 0.15) is 15.9 Å². The molecule has 3 aromatic carbocycles. The molecule has 0 spiro atoms. The predicted molar refractivity (Wildman–Crippen MR) is 99.6 cm³/mol. The quantitative estimate of drug-likeness (QED) is 0.491. The molecule has 1 heterocycles. The largest absolute Gasteiger partial charge is 0.505 e. The van der Waals surface area contributed by atoms with E-state index in [1.165, 1.54) is 18.2 Å². The smallest absolute Gasteiger partial charge is 0.262 e. The van der Waals surface area contributed by atoms with Crippen molar-refractivity contribution in [1.29, 1.82) is 0 Å². The average molecular weight is 386 g/mol. The van der Waals surface area contributed by atoms with E-state index in [1.54, 1.807) is 18.2 Å². The van der Waals surface area contributed by atoms with E-state index >= 15 is 0 Å². The van der Waals surface area contributed by atoms with Crippen LogP contribution < -0.4 is 4.72 Å². The molecule has 0 atom stereocenters. The fourth-order valence-corrected chi connectivity index (χ4v) is 4.56. The summed E-state index contributed by atoms with van der Waals surface area (Å²) in [5.41, 5.74) is -0.235. The van der Waals surface area contributed by atoms with Crippen LogP contribution in [0.5, 0.6) is 0 Å². The van der Waals surface area contributed by atoms with E-state index in [0.717, 1.165) is 10.8 Å². The summed E-state index contributed by atoms with van der Waals surface area (Å²) < 4.78 is 27.1. The minimum Gasteiger partial charge on any atom is -0.505 e. The van der Waals surface area contributed by atoms with Gasteiger partial charge in [0.05, 0.1) is 10.6 Å². The van der Waals surface area contributed by atoms with E-state index < -0.39 is 27.3 Å². The van der Waals surface area contributed by atoms with E-state index in [0.29, 0.717) is 5.56 Å². The summed E-state index contributed by atoms with van der Waals surface area (Å²) in [7, 11) is -4.02. The first kappa shape index (κ1) is 16.6. The molecule has 2 N–H and O–H groups in total. The Morgan fingerprint density at radius 1 is 0.962 bits per heavy atom. The van der Waals surface area contributed by atoms with Gasteiger partial charge in [-0.1, -0.05) is 54.1 Å². The number of ketones is 1. The van der Waals surface area contributed by atoms with Crippen molar-refractivity contribution >= 4 is 43.9 Å². The van der Waals surface area contributed by atoms with Gasteiger partial charge in [0.2, 0.25) is 5.78 Å². The average Bonchev–Trinajstić information content (AvgIpc) is 2.63. The third-order valence-electron chi connectivity index (χ3n) is 4.22. The summed E-state index contributed by atoms with van der Waals surface area (Å²) in [6.07, 6.45) is 0. The number of hydrogen-bond donors (Lipinski definition) is 2. The number of hydrogen-bond acceptors (Lipinski definition) is 4. The number of rotatable bonds is 1. The molecule has 0 fully saturated rings. The van der Waals surface area contributed by atoms with E-state index in [4.69, 9.17) is 11.6 Å². The van der Waals surface area contributed by atoms with Crippen LogP contribution >= 0.6 is 11.6 Å². The van der Waals surface area contributed by atoms with Crippen molar-refractivity contribution in [3.63, 3.8) is 0 Å². The number of sulfonamides is 1. The van der Waals surface area contributed by atoms with E-state index in [1.807, 2.05) is 24.3 Å². The molecule has 0 bridgehead atoms. The summed E-state index contributed by atoms with van der Waals surface area (Å²) in [6, 6.07) is 16.8. The Bertz CT molecular complexity index is 1220. The van der Waals surface area contributed by atoms with Crippen LogP contribution in [0.3, 0.4) is 0 Å². The van der Waals surface area contributed by atoms with Crippen molar-refractivity contribution in [2.75, 3.05) is 0 Å². The Morgan fingerprint density at radius 2 is 1.69 bits per heavy atom. The minimum atomic E-state index is -4.02. The molecular weight excluding hydrogens is 374 g/mol. The fourth-order valence-electron chi connectivity index (χ4n) is 2.95. The van der Waals surface area contributed by atoms with Gasteiger partial charge in [0.15, 0.2) is 5.76 Å². The molecule has 0 aliphatic carbocycles. The van der Waals surface area contributed by atoms with Gasteiger partial charge in [0.1, 0.15) is 10.6 Å². The SMILES string of the molecule is O=C1C(=C(O)c2ccc3ccccc3c2)NS(=O)(=O)c2cccc(Cl)c21. The molecular formula is C19H12ClNO4S. The minimum absolute atomic E-state index is 0.0152. The zero-order chi connectivity index (χ0) is 18.5. The molecule has 0 unspecified atom stereocenters. The van der Waals surface area contributed by atoms with Gasteiger partial charge >= 0.3 is 0 Å². The highest BCUT2D eigenvalue weighted by molar-refractivity contribution is 7.90. The van der Waals surface area contributed by atoms with Gasteiger partial charge in [0.25, 0.3) is 10.0 Å². The van der Waals surface area contributed by atoms with Crippen LogP contribution in [0, 0.1) is 0 Å². The Balaban J connectivity index is 1.93. The van der Waals surface area contributed by atoms with Gasteiger partial charge in [-0.3, -0.25) is 9.52 Å². The Hall–Kier alpha value is -2.83. The first-order valence-corrected chi connectivity index (χ1v) is 9.53. The van der Waals surface area contributed by atoms with Crippen LogP contribution in [0.15, 0.2) is 71.3 Å². The lowest BCUT2D eigenvalue weighted by molar-refractivity contribution is 0.102. The molecule has 0 aromatic heterocycles. The van der Waals surface area contributed by atoms with E-state index in [-0.39, 0.29) is 15.5 Å². The number of allylic oxidation sites excluding steroid dienone is 1. The standard InChI is InChI=1S/C19H12ClNO4S/c20-14-6-3-7-15-16(14)19(23)17(21-26(15,24)25)18(22)13-9-8-11-4-1-2-5-12(11)10-13/h1-10,21-22H. The van der Waals surface area contributed by atoms with Crippen molar-refractivity contribution in [1.82, 2.24) is 4.72 Å². The number of nitrogens with one attached hydrogen (secondary N) is 1. The summed E-state index contributed by atoms with van der Waals surface area (Å²) >= 11 is 6.04. The highest BCUT2D eigenvalue weighted by atomic mass is 35.5. The van der Waals surface area contributed by atoms with Crippen LogP contribution in [0.4, 0.5) is 0 Å². The van der Waals surface area contributed by atoms with Gasteiger partial charge in [-0.25, -0.2) is 8.42 Å². The number of carbonyl (C=O) groups is 1. The lowest BCUT2D eigenvalue weighted by Crippen LogP contribution is -2.35. The molecule has 130 valence electrons. The molecule has 1 aliphatic heterocycles. The molecule has 7 heteroatoms. The van der Waals surface area contributed by atoms with E-state index in [9.17, 15) is 18.3 Å². The van der Waals surface area contributed by atoms with Crippen molar-refractivity contribution in [2.24, 2.45) is 0 Å². The lowest BCUT2D eigenvalue weighted by Gasteiger charge is -2.21. The van der Waals surface area contributed by atoms with Gasteiger partial charge < -0.3 is 5.11 Å². The van der Waals surface area contributed by atoms with E-state index in [2.05, 4.69) is 4.72 Å². The number of carbonyl (C=O) groups excluding carboxylic acids is 1. The summed E-state index contributed by atoms with van der Waals surface area (Å²) in [6.45, 7) is 0. The van der Waals surface area contributed by atoms with Crippen LogP contribution in [0.2, 0.25) is 5.02 Å². The molecule has 3 aromatic rings. The molecule has 0 radical (unpaired) electrons. The molecule has 0 amide bonds. The normalized spacial score (nSPS) is 17.5. The van der Waals surface area contributed by atoms with Crippen LogP contribution in [-0.4, -0.2) is 19.3 Å². The maximum absolute atomic E-state index is 12.8. The first-order chi connectivity index (χ1) is 12.4. The monoisotopic (exact) mass is 385 g/mol.